The molecule has 1 amide bonds. The van der Waals surface area contributed by atoms with Crippen LogP contribution in [0.2, 0.25) is 5.02 Å². The molecule has 1 unspecified atom stereocenters. The van der Waals surface area contributed by atoms with Gasteiger partial charge in [0.2, 0.25) is 5.91 Å². The first-order valence-corrected chi connectivity index (χ1v) is 7.43. The Morgan fingerprint density at radius 3 is 2.59 bits per heavy atom. The lowest BCUT2D eigenvalue weighted by Crippen LogP contribution is -2.44. The average molecular weight is 327 g/mol. The topological polar surface area (TPSA) is 74.8 Å². The van der Waals surface area contributed by atoms with Crippen LogP contribution in [-0.4, -0.2) is 45.7 Å². The quantitative estimate of drug-likeness (QED) is 0.401. The van der Waals surface area contributed by atoms with Gasteiger partial charge in [0.15, 0.2) is 5.96 Å². The lowest BCUT2D eigenvalue weighted by Gasteiger charge is -2.18. The summed E-state index contributed by atoms with van der Waals surface area (Å²) in [5.74, 6) is 0.448. The minimum absolute atomic E-state index is 0.0417. The first-order chi connectivity index (χ1) is 10.6. The van der Waals surface area contributed by atoms with Crippen molar-refractivity contribution < 1.29 is 9.53 Å². The smallest absolute Gasteiger partial charge is 0.239 e. The molecule has 1 aromatic rings. The van der Waals surface area contributed by atoms with Crippen LogP contribution >= 0.6 is 11.6 Å². The first-order valence-electron chi connectivity index (χ1n) is 7.05. The van der Waals surface area contributed by atoms with Gasteiger partial charge in [-0.15, -0.1) is 0 Å². The summed E-state index contributed by atoms with van der Waals surface area (Å²) in [5, 5.41) is 9.61. The molecule has 22 heavy (non-hydrogen) atoms. The molecule has 0 heterocycles. The Kier molecular flexibility index (Phi) is 8.32. The van der Waals surface area contributed by atoms with Gasteiger partial charge in [-0.25, -0.2) is 0 Å². The zero-order valence-corrected chi connectivity index (χ0v) is 13.9. The molecule has 3 N–H and O–H groups in total. The summed E-state index contributed by atoms with van der Waals surface area (Å²) in [6.45, 7) is 3.14. The highest BCUT2D eigenvalue weighted by Crippen LogP contribution is 2.15. The largest absolute Gasteiger partial charge is 0.383 e. The fraction of sp³-hybridized carbons (Fsp3) is 0.467. The number of rotatable bonds is 7. The van der Waals surface area contributed by atoms with Crippen LogP contribution in [0.25, 0.3) is 0 Å². The summed E-state index contributed by atoms with van der Waals surface area (Å²) in [5.41, 5.74) is 1.08. The van der Waals surface area contributed by atoms with Crippen molar-refractivity contribution >= 4 is 23.5 Å². The Bertz CT molecular complexity index is 491. The van der Waals surface area contributed by atoms with E-state index in [0.717, 1.165) is 5.56 Å². The number of nitrogens with zero attached hydrogens (tertiary/aromatic N) is 1. The van der Waals surface area contributed by atoms with Gasteiger partial charge in [-0.2, -0.15) is 0 Å². The summed E-state index contributed by atoms with van der Waals surface area (Å²) in [7, 11) is 3.25. The zero-order chi connectivity index (χ0) is 16.4. The second-order valence-electron chi connectivity index (χ2n) is 4.69. The van der Waals surface area contributed by atoms with Gasteiger partial charge in [-0.3, -0.25) is 9.79 Å². The highest BCUT2D eigenvalue weighted by molar-refractivity contribution is 6.30. The maximum atomic E-state index is 11.6. The Hall–Kier alpha value is -1.79. The Morgan fingerprint density at radius 2 is 2.00 bits per heavy atom. The third-order valence-corrected chi connectivity index (χ3v) is 3.24. The van der Waals surface area contributed by atoms with E-state index in [2.05, 4.69) is 20.9 Å². The molecule has 0 fully saturated rings. The van der Waals surface area contributed by atoms with Gasteiger partial charge in [0.25, 0.3) is 0 Å². The second-order valence-corrected chi connectivity index (χ2v) is 5.12. The Morgan fingerprint density at radius 1 is 1.32 bits per heavy atom. The maximum absolute atomic E-state index is 11.6. The second kappa shape index (κ2) is 10.0. The molecule has 0 saturated heterocycles. The fourth-order valence-corrected chi connectivity index (χ4v) is 1.88. The van der Waals surface area contributed by atoms with Crippen LogP contribution in [0.5, 0.6) is 0 Å². The molecule has 6 nitrogen and oxygen atoms in total. The van der Waals surface area contributed by atoms with E-state index in [4.69, 9.17) is 16.3 Å². The van der Waals surface area contributed by atoms with Crippen LogP contribution in [0.3, 0.4) is 0 Å². The highest BCUT2D eigenvalue weighted by Gasteiger charge is 2.08. The number of amides is 1. The van der Waals surface area contributed by atoms with Gasteiger partial charge in [0.1, 0.15) is 0 Å². The number of carbonyl (C=O) groups excluding carboxylic acids is 1. The van der Waals surface area contributed by atoms with Crippen molar-refractivity contribution in [3.8, 4) is 0 Å². The fourth-order valence-electron chi connectivity index (χ4n) is 1.75. The molecule has 0 aliphatic carbocycles. The van der Waals surface area contributed by atoms with Gasteiger partial charge in [-0.1, -0.05) is 23.7 Å². The molecule has 1 aromatic carbocycles. The number of hydrogen-bond donors (Lipinski definition) is 3. The molecule has 122 valence electrons. The molecule has 7 heteroatoms. The minimum atomic E-state index is -0.112. The number of guanidine groups is 1. The van der Waals surface area contributed by atoms with Crippen LogP contribution in [-0.2, 0) is 9.53 Å². The Balaban J connectivity index is 2.41. The first kappa shape index (κ1) is 18.3. The number of hydrogen-bond acceptors (Lipinski definition) is 3. The molecule has 0 aromatic heterocycles. The Labute approximate surface area is 136 Å². The van der Waals surface area contributed by atoms with Crippen molar-refractivity contribution in [2.24, 2.45) is 4.99 Å². The predicted octanol–water partition coefficient (Wildman–Crippen LogP) is 1.33. The SMILES string of the molecule is CN=C(NCC(=O)NCCOC)NC(C)c1ccc(Cl)cc1. The lowest BCUT2D eigenvalue weighted by atomic mass is 10.1. The van der Waals surface area contributed by atoms with Gasteiger partial charge in [0, 0.05) is 25.7 Å². The summed E-state index contributed by atoms with van der Waals surface area (Å²) < 4.78 is 4.87. The molecule has 0 spiro atoms. The maximum Gasteiger partial charge on any atom is 0.239 e. The van der Waals surface area contributed by atoms with Crippen LogP contribution in [0, 0.1) is 0 Å². The van der Waals surface area contributed by atoms with E-state index in [-0.39, 0.29) is 18.5 Å². The third kappa shape index (κ3) is 6.78. The predicted molar refractivity (Wildman–Crippen MR) is 89.3 cm³/mol. The molecule has 0 saturated carbocycles. The van der Waals surface area contributed by atoms with Crippen molar-refractivity contribution in [1.82, 2.24) is 16.0 Å². The highest BCUT2D eigenvalue weighted by atomic mass is 35.5. The van der Waals surface area contributed by atoms with Crippen LogP contribution in [0.15, 0.2) is 29.3 Å². The normalized spacial score (nSPS) is 12.6. The monoisotopic (exact) mass is 326 g/mol. The van der Waals surface area contributed by atoms with Crippen LogP contribution in [0.1, 0.15) is 18.5 Å². The summed E-state index contributed by atoms with van der Waals surface area (Å²) in [6, 6.07) is 7.62. The van der Waals surface area contributed by atoms with E-state index in [9.17, 15) is 4.79 Å². The number of ether oxygens (including phenoxy) is 1. The average Bonchev–Trinajstić information content (AvgIpc) is 2.52. The van der Waals surface area contributed by atoms with Crippen molar-refractivity contribution in [1.29, 1.82) is 0 Å². The van der Waals surface area contributed by atoms with Crippen LogP contribution < -0.4 is 16.0 Å². The van der Waals surface area contributed by atoms with E-state index in [0.29, 0.717) is 24.1 Å². The van der Waals surface area contributed by atoms with Crippen molar-refractivity contribution in [2.75, 3.05) is 33.9 Å². The van der Waals surface area contributed by atoms with Crippen molar-refractivity contribution in [3.63, 3.8) is 0 Å². The molecular formula is C15H23ClN4O2. The van der Waals surface area contributed by atoms with Gasteiger partial charge in [-0.05, 0) is 24.6 Å². The molecule has 0 aliphatic rings. The molecular weight excluding hydrogens is 304 g/mol. The summed E-state index contributed by atoms with van der Waals surface area (Å²) >= 11 is 5.88. The van der Waals surface area contributed by atoms with E-state index >= 15 is 0 Å². The number of benzene rings is 1. The van der Waals surface area contributed by atoms with E-state index < -0.39 is 0 Å². The molecule has 0 bridgehead atoms. The van der Waals surface area contributed by atoms with E-state index in [1.807, 2.05) is 31.2 Å². The van der Waals surface area contributed by atoms with Crippen molar-refractivity contribution in [2.45, 2.75) is 13.0 Å². The number of aliphatic imine (C=N–C) groups is 1. The standard InChI is InChI=1S/C15H23ClN4O2/c1-11(12-4-6-13(16)7-5-12)20-15(17-2)19-10-14(21)18-8-9-22-3/h4-7,11H,8-10H2,1-3H3,(H,18,21)(H2,17,19,20). The third-order valence-electron chi connectivity index (χ3n) is 2.99. The summed E-state index contributed by atoms with van der Waals surface area (Å²) in [4.78, 5) is 15.7. The number of halogens is 1. The summed E-state index contributed by atoms with van der Waals surface area (Å²) in [6.07, 6.45) is 0. The zero-order valence-electron chi connectivity index (χ0n) is 13.1. The van der Waals surface area contributed by atoms with E-state index in [1.54, 1.807) is 14.2 Å². The number of nitrogens with one attached hydrogen (secondary N) is 3. The van der Waals surface area contributed by atoms with Gasteiger partial charge in [0.05, 0.1) is 19.2 Å². The number of carbonyl (C=O) groups is 1. The number of methoxy groups -OCH3 is 1. The van der Waals surface area contributed by atoms with Crippen molar-refractivity contribution in [3.05, 3.63) is 34.9 Å². The molecule has 0 radical (unpaired) electrons. The minimum Gasteiger partial charge on any atom is -0.383 e. The lowest BCUT2D eigenvalue weighted by molar-refractivity contribution is -0.120. The van der Waals surface area contributed by atoms with Crippen LogP contribution in [0.4, 0.5) is 0 Å². The van der Waals surface area contributed by atoms with E-state index in [1.165, 1.54) is 0 Å². The van der Waals surface area contributed by atoms with Gasteiger partial charge < -0.3 is 20.7 Å². The molecule has 1 atom stereocenters. The molecule has 1 rings (SSSR count). The molecule has 0 aliphatic heterocycles. The van der Waals surface area contributed by atoms with Gasteiger partial charge >= 0.3 is 0 Å².